The molecule has 1 aromatic carbocycles. The lowest BCUT2D eigenvalue weighted by Gasteiger charge is -2.08. The van der Waals surface area contributed by atoms with Gasteiger partial charge in [-0.05, 0) is 24.3 Å². The molecule has 0 N–H and O–H groups in total. The predicted octanol–water partition coefficient (Wildman–Crippen LogP) is 2.92. The normalized spacial score (nSPS) is 13.2. The molecule has 0 saturated carbocycles. The van der Waals surface area contributed by atoms with E-state index < -0.39 is 30.6 Å². The van der Waals surface area contributed by atoms with E-state index in [1.165, 1.54) is 0 Å². The first kappa shape index (κ1) is 13.4. The average molecular weight is 254 g/mol. The molecule has 0 fully saturated rings. The Kier molecular flexibility index (Phi) is 4.03. The topological polar surface area (TPSA) is 26.3 Å². The first-order valence-electron chi connectivity index (χ1n) is 4.43. The monoisotopic (exact) mass is 254 g/mol. The second kappa shape index (κ2) is 5.11. The lowest BCUT2D eigenvalue weighted by atomic mass is 10.2. The van der Waals surface area contributed by atoms with Gasteiger partial charge in [0.15, 0.2) is 0 Å². The Balaban J connectivity index is 2.73. The van der Waals surface area contributed by atoms with Crippen molar-refractivity contribution >= 4 is 5.97 Å². The minimum Gasteiger partial charge on any atom is -0.424 e. The van der Waals surface area contributed by atoms with Gasteiger partial charge in [-0.1, -0.05) is 0 Å². The van der Waals surface area contributed by atoms with Gasteiger partial charge in [-0.2, -0.15) is 13.2 Å². The van der Waals surface area contributed by atoms with Crippen LogP contribution >= 0.6 is 0 Å². The van der Waals surface area contributed by atoms with E-state index in [1.54, 1.807) is 0 Å². The van der Waals surface area contributed by atoms with Crippen molar-refractivity contribution in [3.8, 4) is 5.75 Å². The zero-order chi connectivity index (χ0) is 13.1. The average Bonchev–Trinajstić information content (AvgIpc) is 2.27. The van der Waals surface area contributed by atoms with E-state index in [-0.39, 0.29) is 5.75 Å². The van der Waals surface area contributed by atoms with Crippen molar-refractivity contribution in [2.75, 3.05) is 6.67 Å². The van der Waals surface area contributed by atoms with Gasteiger partial charge in [-0.25, -0.2) is 13.6 Å². The number of rotatable bonds is 3. The van der Waals surface area contributed by atoms with Gasteiger partial charge in [-0.15, -0.1) is 0 Å². The van der Waals surface area contributed by atoms with E-state index in [4.69, 9.17) is 0 Å². The van der Waals surface area contributed by atoms with Crippen molar-refractivity contribution < 1.29 is 31.5 Å². The Morgan fingerprint density at radius 3 is 2.18 bits per heavy atom. The van der Waals surface area contributed by atoms with Crippen molar-refractivity contribution in [3.05, 3.63) is 29.8 Å². The van der Waals surface area contributed by atoms with Crippen LogP contribution in [0.2, 0.25) is 0 Å². The third-order valence-corrected chi connectivity index (χ3v) is 1.79. The fourth-order valence-corrected chi connectivity index (χ4v) is 0.955. The van der Waals surface area contributed by atoms with E-state index in [9.17, 15) is 26.7 Å². The summed E-state index contributed by atoms with van der Waals surface area (Å²) in [4.78, 5) is 10.8. The Morgan fingerprint density at radius 2 is 1.76 bits per heavy atom. The van der Waals surface area contributed by atoms with E-state index in [0.29, 0.717) is 12.1 Å². The predicted molar refractivity (Wildman–Crippen MR) is 48.0 cm³/mol. The molecule has 0 bridgehead atoms. The molecule has 0 aliphatic heterocycles. The fraction of sp³-hybridized carbons (Fsp3) is 0.300. The zero-order valence-electron chi connectivity index (χ0n) is 8.30. The molecule has 1 unspecified atom stereocenters. The number of alkyl halides is 5. The summed E-state index contributed by atoms with van der Waals surface area (Å²) in [6.07, 6.45) is -6.94. The summed E-state index contributed by atoms with van der Waals surface area (Å²) >= 11 is 0. The third-order valence-electron chi connectivity index (χ3n) is 1.79. The van der Waals surface area contributed by atoms with Gasteiger partial charge in [0, 0.05) is 0 Å². The standard InChI is InChI=1S/C10H7F5O2/c11-5-8(12)9(16)17-7-3-1-6(2-4-7)10(13,14)15/h1-4,8H,5H2. The summed E-state index contributed by atoms with van der Waals surface area (Å²) in [5.41, 5.74) is -0.931. The molecule has 7 heteroatoms. The van der Waals surface area contributed by atoms with Gasteiger partial charge >= 0.3 is 12.1 Å². The minimum absolute atomic E-state index is 0.279. The van der Waals surface area contributed by atoms with Gasteiger partial charge in [0.2, 0.25) is 6.17 Å². The molecule has 0 amide bonds. The van der Waals surface area contributed by atoms with Crippen LogP contribution in [-0.4, -0.2) is 18.8 Å². The SMILES string of the molecule is O=C(Oc1ccc(C(F)(F)F)cc1)C(F)CF. The van der Waals surface area contributed by atoms with Crippen molar-refractivity contribution in [2.45, 2.75) is 12.3 Å². The molecule has 0 spiro atoms. The number of ether oxygens (including phenoxy) is 1. The molecule has 0 heterocycles. The fourth-order valence-electron chi connectivity index (χ4n) is 0.955. The van der Waals surface area contributed by atoms with Crippen LogP contribution < -0.4 is 4.74 Å². The summed E-state index contributed by atoms with van der Waals surface area (Å²) < 4.78 is 64.9. The molecule has 0 saturated heterocycles. The summed E-state index contributed by atoms with van der Waals surface area (Å²) in [5, 5.41) is 0. The molecule has 0 aliphatic rings. The summed E-state index contributed by atoms with van der Waals surface area (Å²) in [6, 6.07) is 3.05. The largest absolute Gasteiger partial charge is 0.424 e. The molecule has 0 aliphatic carbocycles. The molecule has 17 heavy (non-hydrogen) atoms. The maximum atomic E-state index is 12.5. The van der Waals surface area contributed by atoms with Crippen LogP contribution in [0.25, 0.3) is 0 Å². The van der Waals surface area contributed by atoms with Crippen LogP contribution in [0.3, 0.4) is 0 Å². The van der Waals surface area contributed by atoms with E-state index in [0.717, 1.165) is 12.1 Å². The zero-order valence-corrected chi connectivity index (χ0v) is 8.30. The maximum Gasteiger partial charge on any atom is 0.416 e. The smallest absolute Gasteiger partial charge is 0.416 e. The Hall–Kier alpha value is -1.66. The molecule has 1 aromatic rings. The summed E-state index contributed by atoms with van der Waals surface area (Å²) in [7, 11) is 0. The highest BCUT2D eigenvalue weighted by Gasteiger charge is 2.30. The van der Waals surface area contributed by atoms with Crippen molar-refractivity contribution in [1.82, 2.24) is 0 Å². The van der Waals surface area contributed by atoms with Crippen LogP contribution in [-0.2, 0) is 11.0 Å². The van der Waals surface area contributed by atoms with Gasteiger partial charge in [0.1, 0.15) is 12.4 Å². The van der Waals surface area contributed by atoms with Crippen molar-refractivity contribution in [2.24, 2.45) is 0 Å². The number of halogens is 5. The van der Waals surface area contributed by atoms with E-state index >= 15 is 0 Å². The number of benzene rings is 1. The second-order valence-corrected chi connectivity index (χ2v) is 3.07. The number of hydrogen-bond acceptors (Lipinski definition) is 2. The molecular formula is C10H7F5O2. The van der Waals surface area contributed by atoms with Gasteiger partial charge in [0.25, 0.3) is 0 Å². The van der Waals surface area contributed by atoms with Crippen LogP contribution in [0, 0.1) is 0 Å². The Labute approximate surface area is 93.0 Å². The van der Waals surface area contributed by atoms with E-state index in [2.05, 4.69) is 4.74 Å². The number of hydrogen-bond donors (Lipinski definition) is 0. The highest BCUT2D eigenvalue weighted by molar-refractivity contribution is 5.77. The second-order valence-electron chi connectivity index (χ2n) is 3.07. The lowest BCUT2D eigenvalue weighted by molar-refractivity contribution is -0.140. The number of esters is 1. The van der Waals surface area contributed by atoms with Gasteiger partial charge < -0.3 is 4.74 Å². The number of carbonyl (C=O) groups is 1. The minimum atomic E-state index is -4.51. The molecular weight excluding hydrogens is 247 g/mol. The molecule has 0 radical (unpaired) electrons. The Morgan fingerprint density at radius 1 is 1.24 bits per heavy atom. The van der Waals surface area contributed by atoms with Gasteiger partial charge in [-0.3, -0.25) is 0 Å². The molecule has 2 nitrogen and oxygen atoms in total. The maximum absolute atomic E-state index is 12.5. The molecule has 94 valence electrons. The van der Waals surface area contributed by atoms with Crippen molar-refractivity contribution in [3.63, 3.8) is 0 Å². The van der Waals surface area contributed by atoms with Crippen LogP contribution in [0.15, 0.2) is 24.3 Å². The van der Waals surface area contributed by atoms with Crippen LogP contribution in [0.4, 0.5) is 22.0 Å². The highest BCUT2D eigenvalue weighted by atomic mass is 19.4. The first-order valence-corrected chi connectivity index (χ1v) is 4.43. The van der Waals surface area contributed by atoms with Gasteiger partial charge in [0.05, 0.1) is 5.56 Å². The summed E-state index contributed by atoms with van der Waals surface area (Å²) in [6.45, 7) is -1.54. The Bertz CT molecular complexity index is 385. The third kappa shape index (κ3) is 3.69. The molecule has 1 atom stereocenters. The first-order chi connectivity index (χ1) is 7.84. The molecule has 1 rings (SSSR count). The van der Waals surface area contributed by atoms with Crippen LogP contribution in [0.5, 0.6) is 5.75 Å². The number of carbonyl (C=O) groups excluding carboxylic acids is 1. The van der Waals surface area contributed by atoms with Crippen molar-refractivity contribution in [1.29, 1.82) is 0 Å². The summed E-state index contributed by atoms with van der Waals surface area (Å²) in [5.74, 6) is -1.76. The molecule has 0 aromatic heterocycles. The van der Waals surface area contributed by atoms with Crippen LogP contribution in [0.1, 0.15) is 5.56 Å². The lowest BCUT2D eigenvalue weighted by Crippen LogP contribution is -2.23. The van der Waals surface area contributed by atoms with E-state index in [1.807, 2.05) is 0 Å². The quantitative estimate of drug-likeness (QED) is 0.471. The highest BCUT2D eigenvalue weighted by Crippen LogP contribution is 2.30.